The number of hydrogen-bond acceptors (Lipinski definition) is 8. The summed E-state index contributed by atoms with van der Waals surface area (Å²) in [5, 5.41) is 8.15. The highest BCUT2D eigenvalue weighted by molar-refractivity contribution is 7.80. The maximum atomic E-state index is 12.5. The predicted molar refractivity (Wildman–Crippen MR) is 99.6 cm³/mol. The van der Waals surface area contributed by atoms with Crippen LogP contribution in [-0.2, 0) is 30.9 Å². The fourth-order valence-corrected chi connectivity index (χ4v) is 4.62. The topological polar surface area (TPSA) is 155 Å². The van der Waals surface area contributed by atoms with Crippen LogP contribution in [0.2, 0.25) is 0 Å². The van der Waals surface area contributed by atoms with Gasteiger partial charge in [0.05, 0.1) is 12.6 Å². The average Bonchev–Trinajstić information content (AvgIpc) is 3.40. The normalized spacial score (nSPS) is 28.9. The van der Waals surface area contributed by atoms with Crippen molar-refractivity contribution in [3.63, 3.8) is 0 Å². The van der Waals surface area contributed by atoms with E-state index in [1.54, 1.807) is 6.20 Å². The number of hydroxylamine groups is 3. The summed E-state index contributed by atoms with van der Waals surface area (Å²) < 4.78 is 36.9. The van der Waals surface area contributed by atoms with Gasteiger partial charge in [0.2, 0.25) is 0 Å². The van der Waals surface area contributed by atoms with Gasteiger partial charge in [0.25, 0.3) is 5.91 Å². The molecule has 4 atom stereocenters. The Balaban J connectivity index is 1.22. The summed E-state index contributed by atoms with van der Waals surface area (Å²) in [6.07, 6.45) is 5.22. The summed E-state index contributed by atoms with van der Waals surface area (Å²) in [6, 6.07) is -0.153. The largest absolute Gasteiger partial charge is 0.418 e. The van der Waals surface area contributed by atoms with Crippen LogP contribution in [0.1, 0.15) is 19.3 Å². The van der Waals surface area contributed by atoms with E-state index in [1.807, 2.05) is 16.9 Å². The molecule has 3 amide bonds. The Kier molecular flexibility index (Phi) is 5.92. The van der Waals surface area contributed by atoms with Gasteiger partial charge < -0.3 is 10.2 Å². The molecule has 4 rings (SSSR count). The van der Waals surface area contributed by atoms with Crippen LogP contribution in [0.25, 0.3) is 0 Å². The lowest BCUT2D eigenvalue weighted by molar-refractivity contribution is -0.139. The highest BCUT2D eigenvalue weighted by atomic mass is 32.3. The molecule has 13 nitrogen and oxygen atoms in total. The van der Waals surface area contributed by atoms with E-state index in [0.717, 1.165) is 19.5 Å². The van der Waals surface area contributed by atoms with Gasteiger partial charge in [-0.2, -0.15) is 18.6 Å². The predicted octanol–water partition coefficient (Wildman–Crippen LogP) is -1.09. The molecule has 3 aliphatic heterocycles. The maximum absolute atomic E-state index is 12.5. The van der Waals surface area contributed by atoms with Crippen molar-refractivity contribution in [3.8, 4) is 0 Å². The van der Waals surface area contributed by atoms with Crippen molar-refractivity contribution in [1.29, 1.82) is 0 Å². The zero-order valence-electron chi connectivity index (χ0n) is 16.1. The Morgan fingerprint density at radius 1 is 1.40 bits per heavy atom. The number of urea groups is 1. The molecule has 0 aromatic carbocycles. The molecule has 30 heavy (non-hydrogen) atoms. The lowest BCUT2D eigenvalue weighted by atomic mass is 10.0. The number of nitrogens with zero attached hydrogens (tertiary/aromatic N) is 4. The molecule has 3 saturated heterocycles. The highest BCUT2D eigenvalue weighted by Gasteiger charge is 2.49. The van der Waals surface area contributed by atoms with Gasteiger partial charge in [-0.15, -0.1) is 4.28 Å². The van der Waals surface area contributed by atoms with Gasteiger partial charge in [0.15, 0.2) is 0 Å². The van der Waals surface area contributed by atoms with E-state index < -0.39 is 34.4 Å². The molecule has 3 N–H and O–H groups in total. The molecule has 0 spiro atoms. The molecule has 0 radical (unpaired) electrons. The Bertz CT molecular complexity index is 879. The van der Waals surface area contributed by atoms with E-state index in [1.165, 1.54) is 4.90 Å². The second-order valence-electron chi connectivity index (χ2n) is 7.72. The Labute approximate surface area is 173 Å². The molecule has 3 fully saturated rings. The molecule has 2 unspecified atom stereocenters. The van der Waals surface area contributed by atoms with Crippen molar-refractivity contribution >= 4 is 22.3 Å². The first-order chi connectivity index (χ1) is 14.3. The second kappa shape index (κ2) is 8.47. The molecule has 0 saturated carbocycles. The highest BCUT2D eigenvalue weighted by Crippen LogP contribution is 2.30. The van der Waals surface area contributed by atoms with Crippen LogP contribution in [0.5, 0.6) is 0 Å². The fraction of sp³-hybridized carbons (Fsp3) is 0.688. The second-order valence-corrected chi connectivity index (χ2v) is 8.73. The van der Waals surface area contributed by atoms with Crippen LogP contribution in [0.3, 0.4) is 0 Å². The molecule has 3 aliphatic rings. The van der Waals surface area contributed by atoms with Gasteiger partial charge in [0.1, 0.15) is 6.04 Å². The summed E-state index contributed by atoms with van der Waals surface area (Å²) in [6.45, 7) is 2.05. The van der Waals surface area contributed by atoms with Gasteiger partial charge >= 0.3 is 16.4 Å². The summed E-state index contributed by atoms with van der Waals surface area (Å²) in [7, 11) is -4.82. The molecule has 0 aliphatic carbocycles. The minimum Gasteiger partial charge on any atom is -0.311 e. The number of aromatic nitrogens is 2. The fourth-order valence-electron chi connectivity index (χ4n) is 4.23. The summed E-state index contributed by atoms with van der Waals surface area (Å²) in [5.41, 5.74) is 2.39. The molecule has 1 aromatic heterocycles. The van der Waals surface area contributed by atoms with Crippen LogP contribution in [0, 0.1) is 5.92 Å². The van der Waals surface area contributed by atoms with Crippen molar-refractivity contribution in [2.75, 3.05) is 19.7 Å². The summed E-state index contributed by atoms with van der Waals surface area (Å²) >= 11 is 0. The number of rotatable bonds is 8. The lowest BCUT2D eigenvalue weighted by Gasteiger charge is -2.29. The van der Waals surface area contributed by atoms with E-state index >= 15 is 0 Å². The van der Waals surface area contributed by atoms with Crippen molar-refractivity contribution in [2.45, 2.75) is 43.9 Å². The van der Waals surface area contributed by atoms with Crippen molar-refractivity contribution in [2.24, 2.45) is 5.92 Å². The molecule has 4 heterocycles. The first kappa shape index (κ1) is 21.0. The van der Waals surface area contributed by atoms with Crippen LogP contribution < -0.4 is 10.8 Å². The third kappa shape index (κ3) is 4.73. The Hall–Kier alpha value is -2.26. The monoisotopic (exact) mass is 444 g/mol. The molecule has 166 valence electrons. The van der Waals surface area contributed by atoms with Crippen LogP contribution in [0.15, 0.2) is 18.5 Å². The number of fused-ring (bicyclic) bond motifs is 2. The SMILES string of the molecule is O=C(NOC[C@H]1C[C@@H](Cn2cccn2)CN1)C1CCC2CN1C(=O)N2OS(=O)(=O)O. The number of hydrogen-bond donors (Lipinski definition) is 3. The zero-order valence-corrected chi connectivity index (χ0v) is 16.9. The average molecular weight is 444 g/mol. The molecule has 1 aromatic rings. The quantitative estimate of drug-likeness (QED) is 0.335. The van der Waals surface area contributed by atoms with Gasteiger partial charge in [-0.3, -0.25) is 18.9 Å². The number of amides is 3. The van der Waals surface area contributed by atoms with E-state index in [4.69, 9.17) is 9.39 Å². The zero-order chi connectivity index (χ0) is 21.3. The van der Waals surface area contributed by atoms with E-state index in [9.17, 15) is 18.0 Å². The van der Waals surface area contributed by atoms with Gasteiger partial charge in [-0.05, 0) is 31.2 Å². The van der Waals surface area contributed by atoms with E-state index in [-0.39, 0.29) is 19.2 Å². The van der Waals surface area contributed by atoms with Crippen LogP contribution in [0.4, 0.5) is 4.79 Å². The number of carbonyl (C=O) groups excluding carboxylic acids is 2. The van der Waals surface area contributed by atoms with Crippen LogP contribution in [-0.4, -0.2) is 82.5 Å². The molecule has 2 bridgehead atoms. The number of nitrogens with one attached hydrogen (secondary N) is 2. The van der Waals surface area contributed by atoms with Crippen molar-refractivity contribution in [3.05, 3.63) is 18.5 Å². The van der Waals surface area contributed by atoms with E-state index in [0.29, 0.717) is 23.8 Å². The van der Waals surface area contributed by atoms with Gasteiger partial charge in [0, 0.05) is 38.1 Å². The molecular formula is C16H24N6O7S. The summed E-state index contributed by atoms with van der Waals surface area (Å²) in [4.78, 5) is 31.4. The summed E-state index contributed by atoms with van der Waals surface area (Å²) in [5.74, 6) is -0.0675. The van der Waals surface area contributed by atoms with Crippen molar-refractivity contribution in [1.82, 2.24) is 30.5 Å². The van der Waals surface area contributed by atoms with Gasteiger partial charge in [-0.25, -0.2) is 10.3 Å². The third-order valence-electron chi connectivity index (χ3n) is 5.57. The lowest BCUT2D eigenvalue weighted by Crippen LogP contribution is -2.50. The molecule has 14 heteroatoms. The Morgan fingerprint density at radius 3 is 2.97 bits per heavy atom. The third-order valence-corrected chi connectivity index (χ3v) is 5.92. The minimum absolute atomic E-state index is 0.0914. The first-order valence-electron chi connectivity index (χ1n) is 9.69. The van der Waals surface area contributed by atoms with Crippen molar-refractivity contribution < 1.29 is 31.7 Å². The van der Waals surface area contributed by atoms with Gasteiger partial charge in [-0.1, -0.05) is 0 Å². The number of carbonyl (C=O) groups is 2. The first-order valence-corrected chi connectivity index (χ1v) is 11.1. The standard InChI is InChI=1S/C16H24N6O7S/c23-15(14-3-2-13-9-21(14)16(24)22(13)29-30(25,26)27)19-28-10-12-6-11(7-17-12)8-20-5-1-4-18-20/h1,4-5,11-14,17H,2-3,6-10H2,(H,19,23)(H,25,26,27)/t11-,12-,13?,14?/m1/s1. The maximum Gasteiger partial charge on any atom is 0.418 e. The Morgan fingerprint density at radius 2 is 2.23 bits per heavy atom. The smallest absolute Gasteiger partial charge is 0.311 e. The molecular weight excluding hydrogens is 420 g/mol. The van der Waals surface area contributed by atoms with Crippen LogP contribution >= 0.6 is 0 Å². The number of piperidine rings is 1. The minimum atomic E-state index is -4.82. The van der Waals surface area contributed by atoms with E-state index in [2.05, 4.69) is 20.2 Å².